The monoisotopic (exact) mass is 277 g/mol. The first-order chi connectivity index (χ1) is 9.76. The molecule has 0 radical (unpaired) electrons. The fraction of sp³-hybridized carbons (Fsp3) is 0.500. The number of terminal acetylenes is 1. The average Bonchev–Trinajstić information content (AvgIpc) is 2.46. The van der Waals surface area contributed by atoms with Crippen molar-refractivity contribution in [3.8, 4) is 12.3 Å². The Morgan fingerprint density at radius 2 is 2.10 bits per heavy atom. The molecule has 0 saturated heterocycles. The Hall–Kier alpha value is -1.38. The Kier molecular flexibility index (Phi) is 8.68. The predicted octanol–water partition coefficient (Wildman–Crippen LogP) is 1.15. The minimum absolute atomic E-state index is 0.230. The fourth-order valence-electron chi connectivity index (χ4n) is 1.90. The Bertz CT molecular complexity index is 388. The normalized spacial score (nSPS) is 12.3. The molecule has 20 heavy (non-hydrogen) atoms. The van der Waals surface area contributed by atoms with Gasteiger partial charge in [0.2, 0.25) is 0 Å². The van der Waals surface area contributed by atoms with Crippen molar-refractivity contribution in [1.29, 1.82) is 0 Å². The van der Waals surface area contributed by atoms with Crippen LogP contribution in [0.4, 0.5) is 0 Å². The van der Waals surface area contributed by atoms with Gasteiger partial charge in [-0.1, -0.05) is 36.3 Å². The third kappa shape index (κ3) is 7.27. The zero-order chi connectivity index (χ0) is 14.6. The Balaban J connectivity index is 2.44. The summed E-state index contributed by atoms with van der Waals surface area (Å²) >= 11 is 0. The first kappa shape index (κ1) is 16.7. The lowest BCUT2D eigenvalue weighted by molar-refractivity contribution is 0.0207. The van der Waals surface area contributed by atoms with E-state index in [1.165, 1.54) is 5.56 Å². The van der Waals surface area contributed by atoms with Crippen molar-refractivity contribution in [1.82, 2.24) is 4.90 Å². The van der Waals surface area contributed by atoms with Crippen molar-refractivity contribution in [2.45, 2.75) is 12.6 Å². The highest BCUT2D eigenvalue weighted by Crippen LogP contribution is 2.05. The van der Waals surface area contributed by atoms with Gasteiger partial charge in [0.1, 0.15) is 6.61 Å². The molecule has 1 N–H and O–H groups in total. The molecular weight excluding hydrogens is 254 g/mol. The smallest absolute Gasteiger partial charge is 0.107 e. The molecule has 0 heterocycles. The Morgan fingerprint density at radius 1 is 1.35 bits per heavy atom. The molecule has 0 aliphatic carbocycles. The number of aliphatic hydroxyl groups is 1. The summed E-state index contributed by atoms with van der Waals surface area (Å²) in [5, 5.41) is 9.95. The maximum absolute atomic E-state index is 9.95. The van der Waals surface area contributed by atoms with E-state index in [1.54, 1.807) is 7.11 Å². The predicted molar refractivity (Wildman–Crippen MR) is 79.3 cm³/mol. The van der Waals surface area contributed by atoms with Gasteiger partial charge in [0.05, 0.1) is 19.3 Å². The van der Waals surface area contributed by atoms with Crippen LogP contribution in [0.3, 0.4) is 0 Å². The van der Waals surface area contributed by atoms with Gasteiger partial charge in [-0.3, -0.25) is 4.90 Å². The molecule has 1 aromatic carbocycles. The van der Waals surface area contributed by atoms with E-state index in [1.807, 2.05) is 18.2 Å². The van der Waals surface area contributed by atoms with Crippen molar-refractivity contribution < 1.29 is 14.6 Å². The van der Waals surface area contributed by atoms with Crippen LogP contribution in [0.1, 0.15) is 5.56 Å². The van der Waals surface area contributed by atoms with Crippen LogP contribution in [0.5, 0.6) is 0 Å². The average molecular weight is 277 g/mol. The number of hydrogen-bond acceptors (Lipinski definition) is 4. The van der Waals surface area contributed by atoms with Crippen LogP contribution in [-0.4, -0.2) is 56.1 Å². The number of ether oxygens (including phenoxy) is 2. The van der Waals surface area contributed by atoms with E-state index in [0.717, 1.165) is 13.1 Å². The van der Waals surface area contributed by atoms with E-state index >= 15 is 0 Å². The van der Waals surface area contributed by atoms with Crippen LogP contribution in [0.2, 0.25) is 0 Å². The third-order valence-corrected chi connectivity index (χ3v) is 2.83. The lowest BCUT2D eigenvalue weighted by Gasteiger charge is -2.24. The second kappa shape index (κ2) is 10.4. The van der Waals surface area contributed by atoms with Gasteiger partial charge in [0, 0.05) is 26.7 Å². The number of nitrogens with zero attached hydrogens (tertiary/aromatic N) is 1. The Morgan fingerprint density at radius 3 is 2.75 bits per heavy atom. The van der Waals surface area contributed by atoms with E-state index in [4.69, 9.17) is 15.9 Å². The number of hydrogen-bond donors (Lipinski definition) is 1. The second-order valence-electron chi connectivity index (χ2n) is 4.59. The van der Waals surface area contributed by atoms with Gasteiger partial charge in [-0.2, -0.15) is 0 Å². The molecule has 0 fully saturated rings. The summed E-state index contributed by atoms with van der Waals surface area (Å²) < 4.78 is 10.3. The van der Waals surface area contributed by atoms with Crippen LogP contribution in [0, 0.1) is 12.3 Å². The molecule has 0 bridgehead atoms. The van der Waals surface area contributed by atoms with Crippen molar-refractivity contribution in [3.05, 3.63) is 35.9 Å². The van der Waals surface area contributed by atoms with Crippen molar-refractivity contribution in [3.63, 3.8) is 0 Å². The van der Waals surface area contributed by atoms with E-state index in [-0.39, 0.29) is 13.2 Å². The molecular formula is C16H23NO3. The molecule has 4 heteroatoms. The highest BCUT2D eigenvalue weighted by atomic mass is 16.5. The molecule has 0 aliphatic heterocycles. The zero-order valence-corrected chi connectivity index (χ0v) is 12.0. The summed E-state index contributed by atoms with van der Waals surface area (Å²) in [6, 6.07) is 10.2. The zero-order valence-electron chi connectivity index (χ0n) is 12.0. The topological polar surface area (TPSA) is 41.9 Å². The Labute approximate surface area is 121 Å². The molecule has 1 atom stereocenters. The van der Waals surface area contributed by atoms with Gasteiger partial charge in [-0.15, -0.1) is 6.42 Å². The van der Waals surface area contributed by atoms with E-state index in [2.05, 4.69) is 23.0 Å². The molecule has 0 amide bonds. The first-order valence-electron chi connectivity index (χ1n) is 6.70. The maximum Gasteiger partial charge on any atom is 0.107 e. The molecule has 0 aromatic heterocycles. The molecule has 1 rings (SSSR count). The molecule has 4 nitrogen and oxygen atoms in total. The van der Waals surface area contributed by atoms with Gasteiger partial charge in [-0.05, 0) is 5.56 Å². The largest absolute Gasteiger partial charge is 0.389 e. The van der Waals surface area contributed by atoms with Gasteiger partial charge in [0.25, 0.3) is 0 Å². The van der Waals surface area contributed by atoms with Gasteiger partial charge in [0.15, 0.2) is 0 Å². The number of benzene rings is 1. The van der Waals surface area contributed by atoms with Gasteiger partial charge >= 0.3 is 0 Å². The summed E-state index contributed by atoms with van der Waals surface area (Å²) in [6.07, 6.45) is 4.55. The standard InChI is InChI=1S/C16H23NO3/c1-3-10-20-14-16(18)13-17(9-11-19-2)12-15-7-5-4-6-8-15/h1,4-8,16,18H,9-14H2,2H3/t16-/m1/s1. The van der Waals surface area contributed by atoms with Crippen molar-refractivity contribution in [2.24, 2.45) is 0 Å². The summed E-state index contributed by atoms with van der Waals surface area (Å²) in [7, 11) is 1.67. The fourth-order valence-corrected chi connectivity index (χ4v) is 1.90. The van der Waals surface area contributed by atoms with Crippen molar-refractivity contribution >= 4 is 0 Å². The van der Waals surface area contributed by atoms with Crippen LogP contribution >= 0.6 is 0 Å². The van der Waals surface area contributed by atoms with Crippen LogP contribution in [0.25, 0.3) is 0 Å². The van der Waals surface area contributed by atoms with Crippen LogP contribution in [0.15, 0.2) is 30.3 Å². The van der Waals surface area contributed by atoms with Crippen molar-refractivity contribution in [2.75, 3.05) is 40.0 Å². The van der Waals surface area contributed by atoms with Gasteiger partial charge < -0.3 is 14.6 Å². The van der Waals surface area contributed by atoms with Crippen LogP contribution < -0.4 is 0 Å². The van der Waals surface area contributed by atoms with E-state index in [9.17, 15) is 5.11 Å². The number of methoxy groups -OCH3 is 1. The summed E-state index contributed by atoms with van der Waals surface area (Å²) in [4.78, 5) is 2.14. The molecule has 1 aromatic rings. The highest BCUT2D eigenvalue weighted by Gasteiger charge is 2.12. The molecule has 0 aliphatic rings. The molecule has 110 valence electrons. The summed E-state index contributed by atoms with van der Waals surface area (Å²) in [5.41, 5.74) is 1.21. The minimum Gasteiger partial charge on any atom is -0.389 e. The molecule has 0 unspecified atom stereocenters. The number of rotatable bonds is 10. The third-order valence-electron chi connectivity index (χ3n) is 2.83. The highest BCUT2D eigenvalue weighted by molar-refractivity contribution is 5.14. The number of aliphatic hydroxyl groups excluding tert-OH is 1. The summed E-state index contributed by atoms with van der Waals surface area (Å²) in [6.45, 7) is 3.18. The van der Waals surface area contributed by atoms with E-state index < -0.39 is 6.10 Å². The van der Waals surface area contributed by atoms with E-state index in [0.29, 0.717) is 13.2 Å². The maximum atomic E-state index is 9.95. The minimum atomic E-state index is -0.552. The van der Waals surface area contributed by atoms with Crippen LogP contribution in [-0.2, 0) is 16.0 Å². The summed E-state index contributed by atoms with van der Waals surface area (Å²) in [5.74, 6) is 2.38. The van der Waals surface area contributed by atoms with Gasteiger partial charge in [-0.25, -0.2) is 0 Å². The molecule has 0 saturated carbocycles. The molecule has 0 spiro atoms. The first-order valence-corrected chi connectivity index (χ1v) is 6.70. The lowest BCUT2D eigenvalue weighted by atomic mass is 10.2. The SMILES string of the molecule is C#CCOC[C@H](O)CN(CCOC)Cc1ccccc1. The second-order valence-corrected chi connectivity index (χ2v) is 4.59. The lowest BCUT2D eigenvalue weighted by Crippen LogP contribution is -2.36. The quantitative estimate of drug-likeness (QED) is 0.514.